The number of ketones is 1. The molecule has 0 saturated carbocycles. The van der Waals surface area contributed by atoms with Crippen LogP contribution in [0.5, 0.6) is 0 Å². The van der Waals surface area contributed by atoms with Crippen molar-refractivity contribution in [3.8, 4) is 0 Å². The summed E-state index contributed by atoms with van der Waals surface area (Å²) in [4.78, 5) is 28.4. The third-order valence-corrected chi connectivity index (χ3v) is 4.00. The molecule has 0 unspecified atom stereocenters. The third kappa shape index (κ3) is 4.02. The zero-order chi connectivity index (χ0) is 16.8. The highest BCUT2D eigenvalue weighted by molar-refractivity contribution is 7.14. The molecule has 0 aliphatic carbocycles. The van der Waals surface area contributed by atoms with Crippen molar-refractivity contribution in [2.45, 2.75) is 0 Å². The highest BCUT2D eigenvalue weighted by atomic mass is 32.1. The number of hydrogen-bond donors (Lipinski definition) is 1. The molecule has 0 aliphatic heterocycles. The first-order valence-electron chi connectivity index (χ1n) is 7.32. The highest BCUT2D eigenvalue weighted by Crippen LogP contribution is 2.17. The highest BCUT2D eigenvalue weighted by Gasteiger charge is 2.11. The van der Waals surface area contributed by atoms with Gasteiger partial charge in [0.05, 0.1) is 0 Å². The van der Waals surface area contributed by atoms with Gasteiger partial charge in [-0.05, 0) is 23.8 Å². The molecule has 118 valence electrons. The number of amides is 1. The van der Waals surface area contributed by atoms with Crippen LogP contribution < -0.4 is 5.32 Å². The lowest BCUT2D eigenvalue weighted by Crippen LogP contribution is -2.11. The predicted octanol–water partition coefficient (Wildman–Crippen LogP) is 4.29. The Hall–Kier alpha value is -3.05. The Labute approximate surface area is 143 Å². The van der Waals surface area contributed by atoms with E-state index in [1.54, 1.807) is 35.7 Å². The van der Waals surface area contributed by atoms with Crippen molar-refractivity contribution >= 4 is 34.2 Å². The van der Waals surface area contributed by atoms with Crippen LogP contribution in [0, 0.1) is 0 Å². The number of carbonyl (C=O) groups is 2. The molecule has 0 bridgehead atoms. The van der Waals surface area contributed by atoms with E-state index in [-0.39, 0.29) is 11.7 Å². The van der Waals surface area contributed by atoms with Gasteiger partial charge in [0.1, 0.15) is 5.69 Å². The second kappa shape index (κ2) is 7.48. The van der Waals surface area contributed by atoms with Crippen LogP contribution in [-0.2, 0) is 0 Å². The molecule has 0 spiro atoms. The largest absolute Gasteiger partial charge is 0.298 e. The molecule has 1 amide bonds. The van der Waals surface area contributed by atoms with Gasteiger partial charge in [0.25, 0.3) is 5.91 Å². The molecule has 2 aromatic carbocycles. The molecule has 1 heterocycles. The second-order valence-corrected chi connectivity index (χ2v) is 5.82. The number of carbonyl (C=O) groups excluding carboxylic acids is 2. The van der Waals surface area contributed by atoms with Crippen LogP contribution in [0.15, 0.2) is 72.1 Å². The molecule has 1 N–H and O–H groups in total. The SMILES string of the molecule is O=C(Nc1nc(C(=O)C=Cc2ccccc2)cs1)c1ccccc1. The Morgan fingerprint density at radius 1 is 0.958 bits per heavy atom. The van der Waals surface area contributed by atoms with Crippen LogP contribution in [-0.4, -0.2) is 16.7 Å². The monoisotopic (exact) mass is 334 g/mol. The number of hydrogen-bond acceptors (Lipinski definition) is 4. The number of aromatic nitrogens is 1. The number of benzene rings is 2. The van der Waals surface area contributed by atoms with E-state index in [2.05, 4.69) is 10.3 Å². The average molecular weight is 334 g/mol. The maximum absolute atomic E-state index is 12.1. The topological polar surface area (TPSA) is 59.1 Å². The fourth-order valence-electron chi connectivity index (χ4n) is 2.02. The van der Waals surface area contributed by atoms with E-state index in [0.717, 1.165) is 5.56 Å². The summed E-state index contributed by atoms with van der Waals surface area (Å²) in [7, 11) is 0. The van der Waals surface area contributed by atoms with Crippen molar-refractivity contribution in [2.24, 2.45) is 0 Å². The number of rotatable bonds is 5. The zero-order valence-corrected chi connectivity index (χ0v) is 13.5. The molecular weight excluding hydrogens is 320 g/mol. The first-order valence-corrected chi connectivity index (χ1v) is 8.20. The van der Waals surface area contributed by atoms with Gasteiger partial charge in [0, 0.05) is 10.9 Å². The quantitative estimate of drug-likeness (QED) is 0.559. The molecule has 0 fully saturated rings. The van der Waals surface area contributed by atoms with E-state index >= 15 is 0 Å². The lowest BCUT2D eigenvalue weighted by atomic mass is 10.2. The molecule has 0 saturated heterocycles. The third-order valence-electron chi connectivity index (χ3n) is 3.24. The van der Waals surface area contributed by atoms with Crippen LogP contribution >= 0.6 is 11.3 Å². The molecular formula is C19H14N2O2S. The van der Waals surface area contributed by atoms with Gasteiger partial charge in [-0.15, -0.1) is 11.3 Å². The Morgan fingerprint density at radius 2 is 1.62 bits per heavy atom. The predicted molar refractivity (Wildman–Crippen MR) is 96.3 cm³/mol. The van der Waals surface area contributed by atoms with Crippen molar-refractivity contribution in [3.05, 3.63) is 88.9 Å². The Balaban J connectivity index is 1.66. The number of thiazole rings is 1. The fourth-order valence-corrected chi connectivity index (χ4v) is 2.72. The van der Waals surface area contributed by atoms with Gasteiger partial charge < -0.3 is 0 Å². The summed E-state index contributed by atoms with van der Waals surface area (Å²) in [6, 6.07) is 18.4. The molecule has 0 radical (unpaired) electrons. The van der Waals surface area contributed by atoms with Gasteiger partial charge in [0.15, 0.2) is 5.13 Å². The molecule has 0 atom stereocenters. The summed E-state index contributed by atoms with van der Waals surface area (Å²) >= 11 is 1.22. The summed E-state index contributed by atoms with van der Waals surface area (Å²) in [5, 5.41) is 4.74. The van der Waals surface area contributed by atoms with Crippen LogP contribution in [0.2, 0.25) is 0 Å². The molecule has 24 heavy (non-hydrogen) atoms. The van der Waals surface area contributed by atoms with Gasteiger partial charge in [-0.3, -0.25) is 14.9 Å². The maximum atomic E-state index is 12.1. The van der Waals surface area contributed by atoms with Crippen LogP contribution in [0.3, 0.4) is 0 Å². The summed E-state index contributed by atoms with van der Waals surface area (Å²) in [5.41, 5.74) is 1.80. The number of nitrogens with zero attached hydrogens (tertiary/aromatic N) is 1. The summed E-state index contributed by atoms with van der Waals surface area (Å²) in [5.74, 6) is -0.445. The van der Waals surface area contributed by atoms with E-state index in [4.69, 9.17) is 0 Å². The van der Waals surface area contributed by atoms with Crippen LogP contribution in [0.25, 0.3) is 6.08 Å². The molecule has 0 aliphatic rings. The Bertz CT molecular complexity index is 871. The van der Waals surface area contributed by atoms with E-state index in [0.29, 0.717) is 16.4 Å². The van der Waals surface area contributed by atoms with Gasteiger partial charge in [-0.1, -0.05) is 54.6 Å². The number of allylic oxidation sites excluding steroid dienone is 1. The summed E-state index contributed by atoms with van der Waals surface area (Å²) in [6.45, 7) is 0. The minimum atomic E-state index is -0.247. The van der Waals surface area contributed by atoms with Crippen molar-refractivity contribution in [1.29, 1.82) is 0 Å². The van der Waals surface area contributed by atoms with Crippen molar-refractivity contribution < 1.29 is 9.59 Å². The van der Waals surface area contributed by atoms with Gasteiger partial charge in [-0.2, -0.15) is 0 Å². The summed E-state index contributed by atoms with van der Waals surface area (Å²) in [6.07, 6.45) is 3.22. The van der Waals surface area contributed by atoms with Crippen molar-refractivity contribution in [1.82, 2.24) is 4.98 Å². The minimum Gasteiger partial charge on any atom is -0.298 e. The van der Waals surface area contributed by atoms with Gasteiger partial charge >= 0.3 is 0 Å². The van der Waals surface area contributed by atoms with E-state index in [9.17, 15) is 9.59 Å². The van der Waals surface area contributed by atoms with E-state index < -0.39 is 0 Å². The minimum absolute atomic E-state index is 0.199. The number of nitrogens with one attached hydrogen (secondary N) is 1. The van der Waals surface area contributed by atoms with Crippen LogP contribution in [0.1, 0.15) is 26.4 Å². The zero-order valence-electron chi connectivity index (χ0n) is 12.7. The normalized spacial score (nSPS) is 10.7. The second-order valence-electron chi connectivity index (χ2n) is 4.97. The molecule has 5 heteroatoms. The number of anilines is 1. The first kappa shape index (κ1) is 15.8. The lowest BCUT2D eigenvalue weighted by Gasteiger charge is -2.00. The molecule has 1 aromatic heterocycles. The van der Waals surface area contributed by atoms with Crippen molar-refractivity contribution in [3.63, 3.8) is 0 Å². The first-order chi connectivity index (χ1) is 11.7. The van der Waals surface area contributed by atoms with Crippen molar-refractivity contribution in [2.75, 3.05) is 5.32 Å². The Morgan fingerprint density at radius 3 is 2.33 bits per heavy atom. The van der Waals surface area contributed by atoms with Gasteiger partial charge in [-0.25, -0.2) is 4.98 Å². The van der Waals surface area contributed by atoms with E-state index in [1.165, 1.54) is 17.4 Å². The maximum Gasteiger partial charge on any atom is 0.257 e. The smallest absolute Gasteiger partial charge is 0.257 e. The molecule has 3 rings (SSSR count). The van der Waals surface area contributed by atoms with Crippen LogP contribution in [0.4, 0.5) is 5.13 Å². The molecule has 3 aromatic rings. The fraction of sp³-hybridized carbons (Fsp3) is 0. The Kier molecular flexibility index (Phi) is 4.93. The molecule has 4 nitrogen and oxygen atoms in total. The van der Waals surface area contributed by atoms with Gasteiger partial charge in [0.2, 0.25) is 5.78 Å². The summed E-state index contributed by atoms with van der Waals surface area (Å²) < 4.78 is 0. The standard InChI is InChI=1S/C19H14N2O2S/c22-17(12-11-14-7-3-1-4-8-14)16-13-24-19(20-16)21-18(23)15-9-5-2-6-10-15/h1-13H,(H,20,21,23). The van der Waals surface area contributed by atoms with E-state index in [1.807, 2.05) is 36.4 Å². The average Bonchev–Trinajstić information content (AvgIpc) is 3.10. The lowest BCUT2D eigenvalue weighted by molar-refractivity contribution is 0.102.